The number of methoxy groups -OCH3 is 1. The molecule has 0 saturated carbocycles. The highest BCUT2D eigenvalue weighted by atomic mass is 79.9. The second-order valence-electron chi connectivity index (χ2n) is 19.9. The molecule has 0 spiro atoms. The van der Waals surface area contributed by atoms with Crippen LogP contribution in [0.4, 0.5) is 17.1 Å². The number of esters is 3. The Kier molecular flexibility index (Phi) is 32.2. The molecule has 8 aromatic rings. The number of rotatable bonds is 27. The predicted molar refractivity (Wildman–Crippen MR) is 377 cm³/mol. The van der Waals surface area contributed by atoms with E-state index in [0.717, 1.165) is 64.4 Å². The molecule has 0 aliphatic carbocycles. The van der Waals surface area contributed by atoms with Gasteiger partial charge in [-0.25, -0.2) is 24.4 Å². The number of anilines is 3. The zero-order valence-electron chi connectivity index (χ0n) is 53.6. The molecule has 0 aliphatic heterocycles. The van der Waals surface area contributed by atoms with E-state index in [-0.39, 0.29) is 49.9 Å². The molecule has 0 fully saturated rings. The fourth-order valence-electron chi connectivity index (χ4n) is 7.89. The summed E-state index contributed by atoms with van der Waals surface area (Å²) in [6, 6.07) is 37.9. The van der Waals surface area contributed by atoms with Crippen LogP contribution in [0.2, 0.25) is 0 Å². The van der Waals surface area contributed by atoms with Crippen LogP contribution in [-0.2, 0) is 56.2 Å². The van der Waals surface area contributed by atoms with E-state index in [4.69, 9.17) is 55.8 Å². The minimum Gasteiger partial charge on any atom is -0.486 e. The Morgan fingerprint density at radius 1 is 0.526 bits per heavy atom. The lowest BCUT2D eigenvalue weighted by Crippen LogP contribution is -2.17. The van der Waals surface area contributed by atoms with Crippen LogP contribution in [0.15, 0.2) is 137 Å². The van der Waals surface area contributed by atoms with Crippen LogP contribution >= 0.6 is 66.8 Å². The maximum atomic E-state index is 11.4. The van der Waals surface area contributed by atoms with Crippen LogP contribution in [0.25, 0.3) is 22.5 Å². The van der Waals surface area contributed by atoms with Gasteiger partial charge in [-0.05, 0) is 170 Å². The summed E-state index contributed by atoms with van der Waals surface area (Å²) in [6.07, 6.45) is 0. The van der Waals surface area contributed by atoms with Crippen molar-refractivity contribution in [2.45, 2.75) is 68.6 Å². The Bertz CT molecular complexity index is 3890. The number of nitrogens with two attached hydrogens (primary N) is 1. The molecular formula is C68H72Br2N6O16S3. The van der Waals surface area contributed by atoms with Gasteiger partial charge in [-0.3, -0.25) is 19.2 Å². The first-order valence-electron chi connectivity index (χ1n) is 29.0. The van der Waals surface area contributed by atoms with Gasteiger partial charge in [0.25, 0.3) is 0 Å². The predicted octanol–water partition coefficient (Wildman–Crippen LogP) is 13.4. The number of halogens is 2. The van der Waals surface area contributed by atoms with Crippen LogP contribution in [-0.4, -0.2) is 108 Å². The average Bonchev–Trinajstić information content (AvgIpc) is 1.79. The second kappa shape index (κ2) is 40.1. The smallest absolute Gasteiger partial charge is 0.344 e. The molecule has 27 heteroatoms. The number of Topliss-reactive ketones (excluding diaryl/α,β-unsaturated/α-hetero) is 1. The Balaban J connectivity index is 0.000000241. The van der Waals surface area contributed by atoms with Gasteiger partial charge in [-0.15, -0.1) is 22.7 Å². The lowest BCUT2D eigenvalue weighted by molar-refractivity contribution is -0.146. The summed E-state index contributed by atoms with van der Waals surface area (Å²) >= 11 is 14.4. The topological polar surface area (TPSA) is 290 Å². The molecule has 0 radical (unpaired) electrons. The third kappa shape index (κ3) is 27.7. The summed E-state index contributed by atoms with van der Waals surface area (Å²) in [5, 5.41) is 12.1. The number of hydrogen-bond donors (Lipinski definition) is 4. The Hall–Kier alpha value is -9.28. The highest BCUT2D eigenvalue weighted by molar-refractivity contribution is 9.11. The van der Waals surface area contributed by atoms with E-state index in [9.17, 15) is 33.6 Å². The molecule has 0 atom stereocenters. The summed E-state index contributed by atoms with van der Waals surface area (Å²) in [7, 11) is 1.31. The number of aromatic nitrogens is 2. The van der Waals surface area contributed by atoms with E-state index >= 15 is 0 Å². The van der Waals surface area contributed by atoms with Gasteiger partial charge in [-0.1, -0.05) is 52.4 Å². The number of carbonyl (C=O) groups is 7. The number of nitrogens with one attached hydrogen (secondary N) is 3. The summed E-state index contributed by atoms with van der Waals surface area (Å²) < 4.78 is 48.5. The monoisotopic (exact) mass is 1480 g/mol. The fraction of sp³-hybridized carbons (Fsp3) is 0.265. The van der Waals surface area contributed by atoms with Crippen molar-refractivity contribution < 1.29 is 76.2 Å². The molecule has 22 nitrogen and oxygen atoms in total. The highest BCUT2D eigenvalue weighted by Crippen LogP contribution is 2.35. The molecule has 3 amide bonds. The number of amides is 3. The van der Waals surface area contributed by atoms with Crippen molar-refractivity contribution in [1.29, 1.82) is 0 Å². The molecule has 6 aromatic carbocycles. The number of ether oxygens (including phenoxy) is 9. The maximum absolute atomic E-state index is 11.4. The standard InChI is InChI=1S/C23H23BrN2O5S.C23H24N2O5S.C12H15NO4S.C10H10BrNO2/c1-4-29-21(28)13-31-19-10-9-18(11-14(19)2)30-12-20-26-22(23(24)32-20)16-5-7-17(8-6-16)25-15(3)27;1-4-28-23(27)13-30-21-10-9-19(11-15(21)2)29-12-22-25-20(14-31-22)17-5-7-18(8-6-17)24-16(3)26;1-8-5-9(16-6-11(13)18)3-4-10(8)17-7-12(14)15-2;1-7(13)12-9-4-2-8(3-5-9)10(14)6-11/h5-11H,4,12-13H2,1-3H3,(H,25,27);5-11,14H,4,12-13H2,1-3H3,(H,24,26);3-5H,6-7H2,1-2H3,(H2,13,18);2-5H,6H2,1H3,(H,12,13). The van der Waals surface area contributed by atoms with Crippen LogP contribution in [0, 0.1) is 20.8 Å². The van der Waals surface area contributed by atoms with Crippen molar-refractivity contribution in [3.8, 4) is 57.0 Å². The Morgan fingerprint density at radius 2 is 0.937 bits per heavy atom. The number of aryl methyl sites for hydroxylation is 3. The Morgan fingerprint density at radius 3 is 1.34 bits per heavy atom. The van der Waals surface area contributed by atoms with Gasteiger partial charge in [0.1, 0.15) is 69.3 Å². The molecule has 502 valence electrons. The normalized spacial score (nSPS) is 10.2. The summed E-state index contributed by atoms with van der Waals surface area (Å²) in [4.78, 5) is 87.6. The quantitative estimate of drug-likeness (QED) is 0.0122. The molecule has 0 aliphatic rings. The molecule has 95 heavy (non-hydrogen) atoms. The number of ketones is 1. The van der Waals surface area contributed by atoms with Gasteiger partial charge >= 0.3 is 17.9 Å². The van der Waals surface area contributed by atoms with E-state index < -0.39 is 17.9 Å². The van der Waals surface area contributed by atoms with Crippen molar-refractivity contribution >= 4 is 130 Å². The lowest BCUT2D eigenvalue weighted by Gasteiger charge is -2.10. The second-order valence-corrected chi connectivity index (χ2v) is 24.3. The molecule has 0 saturated heterocycles. The number of thiazole rings is 2. The minimum absolute atomic E-state index is 0.0272. The van der Waals surface area contributed by atoms with Crippen molar-refractivity contribution in [2.75, 3.05) is 68.0 Å². The SMILES string of the molecule is CC(=O)Nc1ccc(C(=O)CBr)cc1.CCOC(=O)COc1ccc(OCc2nc(-c3ccc(NC(C)=O)cc3)c(Br)s2)cc1C.CCOC(=O)COc1ccc(OCc2nc(-c3ccc(NC(C)=O)cc3)cs2)cc1C.COC(=O)COc1ccc(OCC(N)=S)cc1C. The Labute approximate surface area is 580 Å². The van der Waals surface area contributed by atoms with Crippen molar-refractivity contribution in [1.82, 2.24) is 9.97 Å². The first-order valence-corrected chi connectivity index (χ1v) is 33.1. The number of benzene rings is 6. The summed E-state index contributed by atoms with van der Waals surface area (Å²) in [5.74, 6) is 2.30. The van der Waals surface area contributed by atoms with Crippen molar-refractivity contribution in [3.05, 3.63) is 169 Å². The first kappa shape index (κ1) is 76.4. The number of hydrogen-bond acceptors (Lipinski definition) is 21. The number of carbonyl (C=O) groups excluding carboxylic acids is 7. The van der Waals surface area contributed by atoms with Gasteiger partial charge in [0.15, 0.2) is 25.6 Å². The first-order chi connectivity index (χ1) is 45.4. The lowest BCUT2D eigenvalue weighted by atomic mass is 10.1. The fourth-order valence-corrected chi connectivity index (χ4v) is 10.6. The third-order valence-electron chi connectivity index (χ3n) is 12.2. The maximum Gasteiger partial charge on any atom is 0.344 e. The van der Waals surface area contributed by atoms with Gasteiger partial charge in [0.2, 0.25) is 17.7 Å². The van der Waals surface area contributed by atoms with E-state index in [2.05, 4.69) is 62.5 Å². The third-order valence-corrected chi connectivity index (χ3v) is 15.4. The molecule has 2 heterocycles. The van der Waals surface area contributed by atoms with E-state index in [1.165, 1.54) is 50.6 Å². The number of alkyl halides is 1. The molecule has 5 N–H and O–H groups in total. The summed E-state index contributed by atoms with van der Waals surface area (Å²) in [6.45, 7) is 14.7. The van der Waals surface area contributed by atoms with Crippen LogP contribution in [0.3, 0.4) is 0 Å². The highest BCUT2D eigenvalue weighted by Gasteiger charge is 2.15. The largest absolute Gasteiger partial charge is 0.486 e. The van der Waals surface area contributed by atoms with Gasteiger partial charge in [-0.2, -0.15) is 0 Å². The van der Waals surface area contributed by atoms with Gasteiger partial charge < -0.3 is 64.3 Å². The zero-order chi connectivity index (χ0) is 69.4. The van der Waals surface area contributed by atoms with Crippen molar-refractivity contribution in [3.63, 3.8) is 0 Å². The van der Waals surface area contributed by atoms with Crippen LogP contribution in [0.5, 0.6) is 34.5 Å². The van der Waals surface area contributed by atoms with Gasteiger partial charge in [0.05, 0.1) is 40.8 Å². The average molecular weight is 1490 g/mol. The molecule has 8 rings (SSSR count). The van der Waals surface area contributed by atoms with E-state index in [1.807, 2.05) is 86.8 Å². The minimum atomic E-state index is -0.428. The molecule has 0 unspecified atom stereocenters. The van der Waals surface area contributed by atoms with E-state index in [0.29, 0.717) is 82.5 Å². The van der Waals surface area contributed by atoms with Crippen LogP contribution in [0.1, 0.15) is 71.7 Å². The van der Waals surface area contributed by atoms with Crippen LogP contribution < -0.4 is 50.1 Å². The van der Waals surface area contributed by atoms with Gasteiger partial charge in [0, 0.05) is 59.9 Å². The molecule has 2 aromatic heterocycles. The summed E-state index contributed by atoms with van der Waals surface area (Å²) in [5.41, 5.74) is 14.3. The number of nitrogens with zero attached hydrogens (tertiary/aromatic N) is 2. The number of thiocarbonyl (C=S) groups is 1. The molecule has 0 bridgehead atoms. The molecular weight excluding hydrogens is 1410 g/mol. The van der Waals surface area contributed by atoms with Crippen molar-refractivity contribution in [2.24, 2.45) is 5.73 Å². The zero-order valence-corrected chi connectivity index (χ0v) is 59.2. The van der Waals surface area contributed by atoms with E-state index in [1.54, 1.807) is 80.6 Å².